The first kappa shape index (κ1) is 14.8. The average molecular weight is 342 g/mol. The van der Waals surface area contributed by atoms with E-state index in [0.29, 0.717) is 0 Å². The smallest absolute Gasteiger partial charge is 0.310 e. The molecule has 2 N–H and O–H groups in total. The highest BCUT2D eigenvalue weighted by molar-refractivity contribution is 7.89. The highest BCUT2D eigenvalue weighted by Gasteiger charge is 2.29. The second-order valence-electron chi connectivity index (χ2n) is 3.98. The molecule has 1 heterocycles. The molecule has 2 rings (SSSR count). The number of carbonyl (C=O) groups is 1. The molecular weight excluding hydrogens is 333 g/mol. The molecule has 0 fully saturated rings. The van der Waals surface area contributed by atoms with E-state index in [9.17, 15) is 13.2 Å². The summed E-state index contributed by atoms with van der Waals surface area (Å²) in [5.74, 6) is -1.65. The number of hydrogen-bond acceptors (Lipinski definition) is 4. The van der Waals surface area contributed by atoms with Crippen LogP contribution in [0.2, 0.25) is 8.67 Å². The Morgan fingerprint density at radius 1 is 1.42 bits per heavy atom. The van der Waals surface area contributed by atoms with E-state index in [-0.39, 0.29) is 20.0 Å². The summed E-state index contributed by atoms with van der Waals surface area (Å²) in [4.78, 5) is 10.7. The molecule has 0 aromatic carbocycles. The highest BCUT2D eigenvalue weighted by atomic mass is 35.5. The van der Waals surface area contributed by atoms with Crippen molar-refractivity contribution >= 4 is 50.5 Å². The van der Waals surface area contributed by atoms with Gasteiger partial charge in [-0.05, 0) is 12.5 Å². The Bertz CT molecular complexity index is 638. The van der Waals surface area contributed by atoms with Crippen molar-refractivity contribution in [1.29, 1.82) is 0 Å². The molecule has 0 saturated carbocycles. The Morgan fingerprint density at radius 2 is 2.11 bits per heavy atom. The standard InChI is InChI=1S/C10H9Cl2NO4S2/c11-8-4-7(9(12)18-8)19(16,17)13-6-2-1-5(3-6)10(14)15/h1-2,4-6,13H,3H2,(H,14,15). The summed E-state index contributed by atoms with van der Waals surface area (Å²) in [5.41, 5.74) is 0. The van der Waals surface area contributed by atoms with Crippen LogP contribution in [0, 0.1) is 5.92 Å². The maximum absolute atomic E-state index is 12.1. The molecule has 1 aliphatic carbocycles. The number of carboxylic acid groups (broad SMARTS) is 1. The van der Waals surface area contributed by atoms with Crippen LogP contribution in [-0.4, -0.2) is 25.5 Å². The molecule has 2 unspecified atom stereocenters. The van der Waals surface area contributed by atoms with E-state index in [1.165, 1.54) is 18.2 Å². The van der Waals surface area contributed by atoms with Crippen molar-refractivity contribution in [2.45, 2.75) is 17.4 Å². The van der Waals surface area contributed by atoms with Crippen LogP contribution in [0.4, 0.5) is 0 Å². The summed E-state index contributed by atoms with van der Waals surface area (Å²) < 4.78 is 26.9. The van der Waals surface area contributed by atoms with Gasteiger partial charge in [0.05, 0.1) is 10.3 Å². The van der Waals surface area contributed by atoms with E-state index in [4.69, 9.17) is 28.3 Å². The first-order valence-corrected chi connectivity index (χ1v) is 8.23. The molecular formula is C10H9Cl2NO4S2. The molecule has 19 heavy (non-hydrogen) atoms. The molecule has 0 bridgehead atoms. The third kappa shape index (κ3) is 3.29. The van der Waals surface area contributed by atoms with Crippen molar-refractivity contribution in [3.05, 3.63) is 26.9 Å². The Balaban J connectivity index is 2.14. The lowest BCUT2D eigenvalue weighted by molar-refractivity contribution is -0.140. The lowest BCUT2D eigenvalue weighted by atomic mass is 10.1. The van der Waals surface area contributed by atoms with E-state index >= 15 is 0 Å². The Morgan fingerprint density at radius 3 is 2.58 bits per heavy atom. The Hall–Kier alpha value is -0.600. The van der Waals surface area contributed by atoms with Gasteiger partial charge in [-0.3, -0.25) is 4.79 Å². The number of halogens is 2. The van der Waals surface area contributed by atoms with E-state index in [1.807, 2.05) is 0 Å². The minimum atomic E-state index is -3.80. The molecule has 104 valence electrons. The number of hydrogen-bond donors (Lipinski definition) is 2. The van der Waals surface area contributed by atoms with Crippen LogP contribution in [0.3, 0.4) is 0 Å². The van der Waals surface area contributed by atoms with E-state index in [0.717, 1.165) is 11.3 Å². The summed E-state index contributed by atoms with van der Waals surface area (Å²) in [6, 6.07) is 0.713. The molecule has 2 atom stereocenters. The number of thiophene rings is 1. The summed E-state index contributed by atoms with van der Waals surface area (Å²) in [6.07, 6.45) is 3.18. The van der Waals surface area contributed by atoms with Gasteiger partial charge >= 0.3 is 5.97 Å². The van der Waals surface area contributed by atoms with Crippen LogP contribution >= 0.6 is 34.5 Å². The number of aliphatic carboxylic acids is 1. The fourth-order valence-corrected chi connectivity index (χ4v) is 5.09. The fraction of sp³-hybridized carbons (Fsp3) is 0.300. The number of carboxylic acids is 1. The van der Waals surface area contributed by atoms with Gasteiger partial charge in [0.15, 0.2) is 0 Å². The molecule has 9 heteroatoms. The summed E-state index contributed by atoms with van der Waals surface area (Å²) in [7, 11) is -3.80. The van der Waals surface area contributed by atoms with Crippen LogP contribution < -0.4 is 4.72 Å². The predicted octanol–water partition coefficient (Wildman–Crippen LogP) is 2.36. The third-order valence-corrected chi connectivity index (χ3v) is 5.87. The van der Waals surface area contributed by atoms with Crippen LogP contribution in [-0.2, 0) is 14.8 Å². The highest BCUT2D eigenvalue weighted by Crippen LogP contribution is 2.34. The second kappa shape index (κ2) is 5.41. The zero-order valence-electron chi connectivity index (χ0n) is 9.34. The van der Waals surface area contributed by atoms with Gasteiger partial charge in [0.1, 0.15) is 9.23 Å². The number of rotatable bonds is 4. The van der Waals surface area contributed by atoms with E-state index in [2.05, 4.69) is 4.72 Å². The lowest BCUT2D eigenvalue weighted by Crippen LogP contribution is -2.33. The quantitative estimate of drug-likeness (QED) is 0.823. The van der Waals surface area contributed by atoms with Gasteiger partial charge in [-0.25, -0.2) is 13.1 Å². The zero-order valence-corrected chi connectivity index (χ0v) is 12.5. The monoisotopic (exact) mass is 341 g/mol. The SMILES string of the molecule is O=C(O)C1C=CC(NS(=O)(=O)c2cc(Cl)sc2Cl)C1. The fourth-order valence-electron chi connectivity index (χ4n) is 1.74. The van der Waals surface area contributed by atoms with Gasteiger partial charge < -0.3 is 5.11 Å². The van der Waals surface area contributed by atoms with Gasteiger partial charge in [-0.2, -0.15) is 0 Å². The maximum atomic E-state index is 12.1. The van der Waals surface area contributed by atoms with Crippen LogP contribution in [0.15, 0.2) is 23.1 Å². The normalized spacial score (nSPS) is 22.8. The molecule has 1 aromatic heterocycles. The van der Waals surface area contributed by atoms with Gasteiger partial charge in [0, 0.05) is 6.04 Å². The molecule has 0 spiro atoms. The maximum Gasteiger partial charge on any atom is 0.310 e. The zero-order chi connectivity index (χ0) is 14.2. The van der Waals surface area contributed by atoms with Crippen molar-refractivity contribution in [3.8, 4) is 0 Å². The van der Waals surface area contributed by atoms with Crippen molar-refractivity contribution in [2.75, 3.05) is 0 Å². The van der Waals surface area contributed by atoms with Crippen LogP contribution in [0.5, 0.6) is 0 Å². The van der Waals surface area contributed by atoms with Gasteiger partial charge in [0.2, 0.25) is 10.0 Å². The minimum Gasteiger partial charge on any atom is -0.481 e. The minimum absolute atomic E-state index is 0.0780. The van der Waals surface area contributed by atoms with Crippen molar-refractivity contribution in [1.82, 2.24) is 4.72 Å². The average Bonchev–Trinajstić information content (AvgIpc) is 2.85. The number of sulfonamides is 1. The van der Waals surface area contributed by atoms with Crippen molar-refractivity contribution in [3.63, 3.8) is 0 Å². The van der Waals surface area contributed by atoms with Gasteiger partial charge in [-0.15, -0.1) is 11.3 Å². The van der Waals surface area contributed by atoms with E-state index < -0.39 is 28.0 Å². The van der Waals surface area contributed by atoms with E-state index in [1.54, 1.807) is 0 Å². The molecule has 1 aromatic rings. The molecule has 0 amide bonds. The van der Waals surface area contributed by atoms with Gasteiger partial charge in [-0.1, -0.05) is 35.4 Å². The van der Waals surface area contributed by atoms with Crippen molar-refractivity contribution in [2.24, 2.45) is 5.92 Å². The topological polar surface area (TPSA) is 83.5 Å². The summed E-state index contributed by atoms with van der Waals surface area (Å²) >= 11 is 12.5. The lowest BCUT2D eigenvalue weighted by Gasteiger charge is -2.12. The number of nitrogens with one attached hydrogen (secondary N) is 1. The Labute approximate surface area is 123 Å². The Kier molecular flexibility index (Phi) is 4.22. The molecule has 0 saturated heterocycles. The van der Waals surface area contributed by atoms with Gasteiger partial charge in [0.25, 0.3) is 0 Å². The second-order valence-corrected chi connectivity index (χ2v) is 7.95. The molecule has 0 radical (unpaired) electrons. The summed E-state index contributed by atoms with van der Waals surface area (Å²) in [6.45, 7) is 0. The largest absolute Gasteiger partial charge is 0.481 e. The first-order chi connectivity index (χ1) is 8.79. The van der Waals surface area contributed by atoms with Crippen molar-refractivity contribution < 1.29 is 18.3 Å². The predicted molar refractivity (Wildman–Crippen MR) is 73.3 cm³/mol. The van der Waals surface area contributed by atoms with Crippen LogP contribution in [0.25, 0.3) is 0 Å². The van der Waals surface area contributed by atoms with Crippen LogP contribution in [0.1, 0.15) is 6.42 Å². The molecule has 0 aliphatic heterocycles. The molecule has 1 aliphatic rings. The first-order valence-electron chi connectivity index (χ1n) is 5.18. The molecule has 5 nitrogen and oxygen atoms in total. The third-order valence-electron chi connectivity index (χ3n) is 2.62. The summed E-state index contributed by atoms with van der Waals surface area (Å²) in [5, 5.41) is 8.83.